The maximum Gasteiger partial charge on any atom is 0.321 e. The van der Waals surface area contributed by atoms with E-state index in [1.807, 2.05) is 0 Å². The molecule has 0 spiro atoms. The molecule has 0 saturated carbocycles. The van der Waals surface area contributed by atoms with Gasteiger partial charge in [-0.1, -0.05) is 30.3 Å². The lowest BCUT2D eigenvalue weighted by molar-refractivity contribution is -0.139. The van der Waals surface area contributed by atoms with Crippen LogP contribution in [0.25, 0.3) is 0 Å². The first-order valence-electron chi connectivity index (χ1n) is 6.54. The SMILES string of the molecule is O=C(O)C(Cc1ccc(O)cc1)NCc1ccccc1F. The van der Waals surface area contributed by atoms with Crippen LogP contribution in [0, 0.1) is 5.82 Å². The number of hydrogen-bond acceptors (Lipinski definition) is 3. The van der Waals surface area contributed by atoms with Crippen molar-refractivity contribution in [2.45, 2.75) is 19.0 Å². The minimum atomic E-state index is -1.00. The molecule has 0 amide bonds. The Kier molecular flexibility index (Phi) is 4.90. The smallest absolute Gasteiger partial charge is 0.321 e. The Morgan fingerprint density at radius 2 is 1.81 bits per heavy atom. The number of halogens is 1. The number of phenols is 1. The molecule has 0 saturated heterocycles. The second-order valence-electron chi connectivity index (χ2n) is 4.73. The van der Waals surface area contributed by atoms with Gasteiger partial charge in [-0.05, 0) is 30.2 Å². The molecule has 0 radical (unpaired) electrons. The van der Waals surface area contributed by atoms with Crippen molar-refractivity contribution in [1.29, 1.82) is 0 Å². The molecule has 0 bridgehead atoms. The Hall–Kier alpha value is -2.40. The number of carboxylic acid groups (broad SMARTS) is 1. The maximum atomic E-state index is 13.5. The minimum absolute atomic E-state index is 0.130. The lowest BCUT2D eigenvalue weighted by atomic mass is 10.1. The number of benzene rings is 2. The summed E-state index contributed by atoms with van der Waals surface area (Å²) in [7, 11) is 0. The molecule has 2 rings (SSSR count). The lowest BCUT2D eigenvalue weighted by Gasteiger charge is -2.15. The van der Waals surface area contributed by atoms with Crippen molar-refractivity contribution >= 4 is 5.97 Å². The number of nitrogens with one attached hydrogen (secondary N) is 1. The van der Waals surface area contributed by atoms with Crippen LogP contribution in [0.2, 0.25) is 0 Å². The van der Waals surface area contributed by atoms with E-state index in [9.17, 15) is 19.4 Å². The van der Waals surface area contributed by atoms with E-state index >= 15 is 0 Å². The lowest BCUT2D eigenvalue weighted by Crippen LogP contribution is -2.38. The fourth-order valence-electron chi connectivity index (χ4n) is 1.99. The Balaban J connectivity index is 2.01. The standard InChI is InChI=1S/C16H16FNO3/c17-14-4-2-1-3-12(14)10-18-15(16(20)21)9-11-5-7-13(19)8-6-11/h1-8,15,18-19H,9-10H2,(H,20,21). The van der Waals surface area contributed by atoms with E-state index in [1.165, 1.54) is 18.2 Å². The number of hydrogen-bond donors (Lipinski definition) is 3. The number of aromatic hydroxyl groups is 1. The van der Waals surface area contributed by atoms with Gasteiger partial charge in [0.1, 0.15) is 17.6 Å². The molecule has 1 unspecified atom stereocenters. The average Bonchev–Trinajstić information content (AvgIpc) is 2.46. The maximum absolute atomic E-state index is 13.5. The molecule has 21 heavy (non-hydrogen) atoms. The van der Waals surface area contributed by atoms with Crippen LogP contribution < -0.4 is 5.32 Å². The molecule has 0 aromatic heterocycles. The van der Waals surface area contributed by atoms with Gasteiger partial charge in [0.15, 0.2) is 0 Å². The van der Waals surface area contributed by atoms with Gasteiger partial charge in [-0.25, -0.2) is 4.39 Å². The molecule has 0 fully saturated rings. The van der Waals surface area contributed by atoms with Crippen molar-refractivity contribution in [3.8, 4) is 5.75 Å². The number of phenolic OH excluding ortho intramolecular Hbond substituents is 1. The highest BCUT2D eigenvalue weighted by Crippen LogP contribution is 2.12. The summed E-state index contributed by atoms with van der Waals surface area (Å²) in [6, 6.07) is 11.8. The molecular formula is C16H16FNO3. The van der Waals surface area contributed by atoms with Gasteiger partial charge in [-0.15, -0.1) is 0 Å². The van der Waals surface area contributed by atoms with Crippen LogP contribution in [0.3, 0.4) is 0 Å². The molecular weight excluding hydrogens is 273 g/mol. The fourth-order valence-corrected chi connectivity index (χ4v) is 1.99. The van der Waals surface area contributed by atoms with Crippen molar-refractivity contribution in [3.63, 3.8) is 0 Å². The van der Waals surface area contributed by atoms with Crippen LogP contribution in [0.15, 0.2) is 48.5 Å². The fraction of sp³-hybridized carbons (Fsp3) is 0.188. The third-order valence-electron chi connectivity index (χ3n) is 3.17. The largest absolute Gasteiger partial charge is 0.508 e. The Labute approximate surface area is 121 Å². The highest BCUT2D eigenvalue weighted by molar-refractivity contribution is 5.73. The Morgan fingerprint density at radius 3 is 2.43 bits per heavy atom. The summed E-state index contributed by atoms with van der Waals surface area (Å²) in [5, 5.41) is 21.3. The molecule has 0 aliphatic carbocycles. The number of carbonyl (C=O) groups is 1. The molecule has 4 nitrogen and oxygen atoms in total. The van der Waals surface area contributed by atoms with Gasteiger partial charge in [0, 0.05) is 12.1 Å². The van der Waals surface area contributed by atoms with Crippen LogP contribution in [0.5, 0.6) is 5.75 Å². The first kappa shape index (κ1) is 15.0. The van der Waals surface area contributed by atoms with Crippen LogP contribution in [0.4, 0.5) is 4.39 Å². The molecule has 2 aromatic rings. The zero-order valence-corrected chi connectivity index (χ0v) is 11.3. The van der Waals surface area contributed by atoms with Crippen LogP contribution >= 0.6 is 0 Å². The van der Waals surface area contributed by atoms with Crippen molar-refractivity contribution < 1.29 is 19.4 Å². The highest BCUT2D eigenvalue weighted by Gasteiger charge is 2.17. The second-order valence-corrected chi connectivity index (χ2v) is 4.73. The van der Waals surface area contributed by atoms with Crippen LogP contribution in [-0.4, -0.2) is 22.2 Å². The third-order valence-corrected chi connectivity index (χ3v) is 3.17. The van der Waals surface area contributed by atoms with Gasteiger partial charge in [-0.3, -0.25) is 10.1 Å². The summed E-state index contributed by atoms with van der Waals surface area (Å²) in [4.78, 5) is 11.3. The average molecular weight is 289 g/mol. The monoisotopic (exact) mass is 289 g/mol. The Morgan fingerprint density at radius 1 is 1.14 bits per heavy atom. The van der Waals surface area contributed by atoms with Gasteiger partial charge in [-0.2, -0.15) is 0 Å². The Bertz CT molecular complexity index is 613. The predicted octanol–water partition coefficient (Wildman–Crippen LogP) is 2.32. The third kappa shape index (κ3) is 4.29. The van der Waals surface area contributed by atoms with Crippen molar-refractivity contribution in [3.05, 3.63) is 65.5 Å². The summed E-state index contributed by atoms with van der Waals surface area (Å²) in [5.74, 6) is -1.23. The van der Waals surface area contributed by atoms with E-state index in [-0.39, 0.29) is 24.5 Å². The quantitative estimate of drug-likeness (QED) is 0.763. The van der Waals surface area contributed by atoms with Gasteiger partial charge in [0.05, 0.1) is 0 Å². The second kappa shape index (κ2) is 6.85. The van der Waals surface area contributed by atoms with E-state index < -0.39 is 12.0 Å². The summed E-state index contributed by atoms with van der Waals surface area (Å²) < 4.78 is 13.5. The minimum Gasteiger partial charge on any atom is -0.508 e. The van der Waals surface area contributed by atoms with Gasteiger partial charge in [0.2, 0.25) is 0 Å². The topological polar surface area (TPSA) is 69.6 Å². The zero-order chi connectivity index (χ0) is 15.2. The number of rotatable bonds is 6. The molecule has 0 aliphatic rings. The van der Waals surface area contributed by atoms with Gasteiger partial charge < -0.3 is 10.2 Å². The zero-order valence-electron chi connectivity index (χ0n) is 11.3. The van der Waals surface area contributed by atoms with Gasteiger partial charge >= 0.3 is 5.97 Å². The molecule has 110 valence electrons. The molecule has 2 aromatic carbocycles. The van der Waals surface area contributed by atoms with Crippen molar-refractivity contribution in [2.24, 2.45) is 0 Å². The van der Waals surface area contributed by atoms with Crippen molar-refractivity contribution in [1.82, 2.24) is 5.32 Å². The van der Waals surface area contributed by atoms with E-state index in [2.05, 4.69) is 5.32 Å². The molecule has 5 heteroatoms. The first-order chi connectivity index (χ1) is 10.1. The highest BCUT2D eigenvalue weighted by atomic mass is 19.1. The number of aliphatic carboxylic acids is 1. The van der Waals surface area contributed by atoms with E-state index in [0.717, 1.165) is 5.56 Å². The predicted molar refractivity (Wildman–Crippen MR) is 76.5 cm³/mol. The van der Waals surface area contributed by atoms with Crippen molar-refractivity contribution in [2.75, 3.05) is 0 Å². The molecule has 0 aliphatic heterocycles. The van der Waals surface area contributed by atoms with E-state index in [0.29, 0.717) is 5.56 Å². The molecule has 3 N–H and O–H groups in total. The molecule has 1 atom stereocenters. The summed E-state index contributed by atoms with van der Waals surface area (Å²) in [6.45, 7) is 0.141. The summed E-state index contributed by atoms with van der Waals surface area (Å²) >= 11 is 0. The summed E-state index contributed by atoms with van der Waals surface area (Å²) in [6.07, 6.45) is 0.254. The van der Waals surface area contributed by atoms with Crippen LogP contribution in [0.1, 0.15) is 11.1 Å². The first-order valence-corrected chi connectivity index (χ1v) is 6.54. The number of carboxylic acids is 1. The van der Waals surface area contributed by atoms with E-state index in [1.54, 1.807) is 30.3 Å². The van der Waals surface area contributed by atoms with Crippen LogP contribution in [-0.2, 0) is 17.8 Å². The van der Waals surface area contributed by atoms with Gasteiger partial charge in [0.25, 0.3) is 0 Å². The van der Waals surface area contributed by atoms with E-state index in [4.69, 9.17) is 0 Å². The molecule has 0 heterocycles. The summed E-state index contributed by atoms with van der Waals surface area (Å²) in [5.41, 5.74) is 1.20. The normalized spacial score (nSPS) is 12.0.